The summed E-state index contributed by atoms with van der Waals surface area (Å²) in [5, 5.41) is 0. The van der Waals surface area contributed by atoms with Crippen molar-refractivity contribution in [2.45, 2.75) is 341 Å². The molecule has 0 amide bonds. The van der Waals surface area contributed by atoms with Crippen molar-refractivity contribution in [2.24, 2.45) is 0 Å². The van der Waals surface area contributed by atoms with Crippen molar-refractivity contribution >= 4 is 19.8 Å². The van der Waals surface area contributed by atoms with Crippen LogP contribution in [0.4, 0.5) is 0 Å². The summed E-state index contributed by atoms with van der Waals surface area (Å²) in [6.07, 6.45) is 111. The van der Waals surface area contributed by atoms with Gasteiger partial charge in [-0.15, -0.1) is 0 Å². The summed E-state index contributed by atoms with van der Waals surface area (Å²) in [6, 6.07) is 0. The third-order valence-electron chi connectivity index (χ3n) is 16.8. The Morgan fingerprint density at radius 2 is 0.594 bits per heavy atom. The van der Waals surface area contributed by atoms with Crippen LogP contribution in [0.2, 0.25) is 0 Å². The molecule has 0 aliphatic carbocycles. The van der Waals surface area contributed by atoms with E-state index in [1.165, 1.54) is 186 Å². The molecule has 0 aliphatic rings. The molecule has 2 unspecified atom stereocenters. The van der Waals surface area contributed by atoms with Gasteiger partial charge in [-0.1, -0.05) is 346 Å². The molecule has 0 aliphatic heterocycles. The van der Waals surface area contributed by atoms with E-state index in [1.54, 1.807) is 0 Å². The van der Waals surface area contributed by atoms with Gasteiger partial charge in [-0.05, 0) is 122 Å². The van der Waals surface area contributed by atoms with E-state index in [0.717, 1.165) is 116 Å². The van der Waals surface area contributed by atoms with E-state index >= 15 is 0 Å². The van der Waals surface area contributed by atoms with Crippen molar-refractivity contribution in [2.75, 3.05) is 47.5 Å². The first-order chi connectivity index (χ1) is 47.0. The number of allylic oxidation sites excluding steroid dienone is 24. The molecular formula is C86H148NO8P. The number of carbonyl (C=O) groups is 2. The van der Waals surface area contributed by atoms with Gasteiger partial charge in [0.2, 0.25) is 0 Å². The van der Waals surface area contributed by atoms with Crippen LogP contribution in [0.1, 0.15) is 335 Å². The van der Waals surface area contributed by atoms with E-state index in [9.17, 15) is 19.0 Å². The molecule has 10 heteroatoms. The minimum absolute atomic E-state index is 0.0377. The van der Waals surface area contributed by atoms with Gasteiger partial charge in [0.1, 0.15) is 19.8 Å². The van der Waals surface area contributed by atoms with Gasteiger partial charge in [-0.2, -0.15) is 0 Å². The number of phosphoric ester groups is 1. The van der Waals surface area contributed by atoms with Crippen molar-refractivity contribution in [3.63, 3.8) is 0 Å². The molecule has 550 valence electrons. The molecule has 0 saturated heterocycles. The molecule has 0 radical (unpaired) electrons. The molecule has 0 aromatic heterocycles. The normalized spacial score (nSPS) is 13.9. The summed E-state index contributed by atoms with van der Waals surface area (Å²) >= 11 is 0. The van der Waals surface area contributed by atoms with Crippen LogP contribution in [0.5, 0.6) is 0 Å². The fourth-order valence-electron chi connectivity index (χ4n) is 10.8. The SMILES string of the molecule is CC/C=C\C/C=C\C/C=C\C/C=C\C/C=C\C/C=C\C/C=C\C/C=C\C/C=C\C/C=C\CCCCCCCCCCC(=O)OC(COC(=O)CCCCCCCCCCCCCCCCCCCCCCC/C=C\C/C=C\CCCCCCC)COP(=O)([O-])OCC[N+](C)(C)C. The summed E-state index contributed by atoms with van der Waals surface area (Å²) in [6.45, 7) is 4.13. The highest BCUT2D eigenvalue weighted by atomic mass is 31.2. The molecule has 0 bridgehead atoms. The fraction of sp³-hybridized carbons (Fsp3) is 0.698. The zero-order valence-electron chi connectivity index (χ0n) is 62.8. The van der Waals surface area contributed by atoms with Crippen LogP contribution in [-0.4, -0.2) is 70.0 Å². The van der Waals surface area contributed by atoms with Gasteiger partial charge in [0.15, 0.2) is 6.10 Å². The minimum atomic E-state index is -4.66. The standard InChI is InChI=1S/C86H148NO8P/c1-6-8-10-12-14-16-18-20-22-24-26-28-30-32-34-36-38-40-41-42-43-44-45-47-49-51-53-55-57-59-61-63-65-67-69-71-73-75-77-79-86(89)95-84(83-94-96(90,91)93-81-80-87(3,4)5)82-92-85(88)78-76-74-72-70-68-66-64-62-60-58-56-54-52-50-48-46-39-37-35-33-31-29-27-25-23-21-19-17-15-13-11-9-7-2/h8,10,14,16,19-22,25-28,32,34,38,40,42-43,45,47,51,53,57,59,84H,6-7,9,11-13,15,17-18,23-24,29-31,33,35-37,39,41,44,46,48-50,52,54-56,58,60-83H2,1-5H3/b10-8-,16-14-,21-19-,22-20-,27-25-,28-26-,34-32-,40-38-,43-42-,47-45-,53-51-,59-57-. The molecule has 0 saturated carbocycles. The van der Waals surface area contributed by atoms with E-state index in [4.69, 9.17) is 18.5 Å². The van der Waals surface area contributed by atoms with Crippen LogP contribution in [0.25, 0.3) is 0 Å². The number of esters is 2. The topological polar surface area (TPSA) is 111 Å². The van der Waals surface area contributed by atoms with Crippen LogP contribution < -0.4 is 4.89 Å². The molecule has 0 N–H and O–H groups in total. The van der Waals surface area contributed by atoms with Crippen molar-refractivity contribution in [3.8, 4) is 0 Å². The lowest BCUT2D eigenvalue weighted by atomic mass is 10.0. The second kappa shape index (κ2) is 75.1. The number of ether oxygens (including phenoxy) is 2. The van der Waals surface area contributed by atoms with Crippen LogP contribution in [0.15, 0.2) is 146 Å². The van der Waals surface area contributed by atoms with E-state index in [-0.39, 0.29) is 32.0 Å². The molecule has 0 heterocycles. The number of unbranched alkanes of at least 4 members (excludes halogenated alkanes) is 34. The number of phosphoric acid groups is 1. The first kappa shape index (κ1) is 91.9. The number of hydrogen-bond donors (Lipinski definition) is 0. The minimum Gasteiger partial charge on any atom is -0.756 e. The highest BCUT2D eigenvalue weighted by Crippen LogP contribution is 2.38. The second-order valence-electron chi connectivity index (χ2n) is 27.3. The zero-order valence-corrected chi connectivity index (χ0v) is 63.7. The first-order valence-corrected chi connectivity index (χ1v) is 41.0. The molecule has 0 spiro atoms. The smallest absolute Gasteiger partial charge is 0.306 e. The van der Waals surface area contributed by atoms with Gasteiger partial charge < -0.3 is 27.9 Å². The lowest BCUT2D eigenvalue weighted by Gasteiger charge is -2.28. The molecule has 0 aromatic carbocycles. The van der Waals surface area contributed by atoms with Crippen molar-refractivity contribution in [1.82, 2.24) is 0 Å². The average Bonchev–Trinajstić information content (AvgIpc) is 1.98. The Morgan fingerprint density at radius 3 is 0.885 bits per heavy atom. The predicted octanol–water partition coefficient (Wildman–Crippen LogP) is 25.9. The van der Waals surface area contributed by atoms with Crippen LogP contribution in [-0.2, 0) is 32.7 Å². The van der Waals surface area contributed by atoms with E-state index in [0.29, 0.717) is 17.4 Å². The molecule has 2 atom stereocenters. The second-order valence-corrected chi connectivity index (χ2v) is 28.8. The number of carbonyl (C=O) groups excluding carboxylic acids is 2. The zero-order chi connectivity index (χ0) is 69.7. The third-order valence-corrected chi connectivity index (χ3v) is 17.8. The summed E-state index contributed by atoms with van der Waals surface area (Å²) in [4.78, 5) is 38.2. The summed E-state index contributed by atoms with van der Waals surface area (Å²) < 4.78 is 34.4. The number of nitrogens with zero attached hydrogens (tertiary/aromatic N) is 1. The number of likely N-dealkylation sites (N-methyl/N-ethyl adjacent to an activating group) is 1. The van der Waals surface area contributed by atoms with E-state index in [1.807, 2.05) is 21.1 Å². The highest BCUT2D eigenvalue weighted by molar-refractivity contribution is 7.45. The Bertz CT molecular complexity index is 2140. The summed E-state index contributed by atoms with van der Waals surface area (Å²) in [5.74, 6) is -0.839. The average molecular weight is 1360 g/mol. The molecule has 96 heavy (non-hydrogen) atoms. The Balaban J connectivity index is 4.05. The van der Waals surface area contributed by atoms with E-state index in [2.05, 4.69) is 160 Å². The van der Waals surface area contributed by atoms with Gasteiger partial charge in [0.05, 0.1) is 27.7 Å². The quantitative estimate of drug-likeness (QED) is 0.0195. The Morgan fingerprint density at radius 1 is 0.333 bits per heavy atom. The third kappa shape index (κ3) is 78.9. The van der Waals surface area contributed by atoms with Gasteiger partial charge in [-0.3, -0.25) is 14.2 Å². The maximum Gasteiger partial charge on any atom is 0.306 e. The maximum absolute atomic E-state index is 12.9. The Labute approximate surface area is 593 Å². The maximum atomic E-state index is 12.9. The van der Waals surface area contributed by atoms with Crippen molar-refractivity contribution < 1.29 is 42.1 Å². The van der Waals surface area contributed by atoms with Crippen LogP contribution in [0.3, 0.4) is 0 Å². The molecule has 0 aromatic rings. The fourth-order valence-corrected chi connectivity index (χ4v) is 11.6. The van der Waals surface area contributed by atoms with Gasteiger partial charge >= 0.3 is 11.9 Å². The van der Waals surface area contributed by atoms with Crippen molar-refractivity contribution in [3.05, 3.63) is 146 Å². The van der Waals surface area contributed by atoms with Gasteiger partial charge in [-0.25, -0.2) is 0 Å². The molecule has 9 nitrogen and oxygen atoms in total. The number of hydrogen-bond acceptors (Lipinski definition) is 8. The molecule has 0 rings (SSSR count). The highest BCUT2D eigenvalue weighted by Gasteiger charge is 2.22. The lowest BCUT2D eigenvalue weighted by molar-refractivity contribution is -0.870. The van der Waals surface area contributed by atoms with Crippen LogP contribution >= 0.6 is 7.82 Å². The molecule has 0 fully saturated rings. The Kier molecular flexibility index (Phi) is 71.9. The van der Waals surface area contributed by atoms with Crippen LogP contribution in [0, 0.1) is 0 Å². The van der Waals surface area contributed by atoms with Crippen molar-refractivity contribution in [1.29, 1.82) is 0 Å². The summed E-state index contributed by atoms with van der Waals surface area (Å²) in [5.41, 5.74) is 0. The largest absolute Gasteiger partial charge is 0.756 e. The molecular weight excluding hydrogens is 1210 g/mol. The predicted molar refractivity (Wildman–Crippen MR) is 415 cm³/mol. The number of quaternary nitrogens is 1. The monoisotopic (exact) mass is 1350 g/mol. The van der Waals surface area contributed by atoms with Gasteiger partial charge in [0, 0.05) is 12.8 Å². The lowest BCUT2D eigenvalue weighted by Crippen LogP contribution is -2.37. The first-order valence-electron chi connectivity index (χ1n) is 39.5. The summed E-state index contributed by atoms with van der Waals surface area (Å²) in [7, 11) is 1.15. The number of rotatable bonds is 72. The van der Waals surface area contributed by atoms with Gasteiger partial charge in [0.25, 0.3) is 7.82 Å². The Hall–Kier alpha value is -4.11. The van der Waals surface area contributed by atoms with E-state index < -0.39 is 26.5 Å².